The first-order valence-electron chi connectivity index (χ1n) is 7.89. The van der Waals surface area contributed by atoms with Crippen LogP contribution in [-0.4, -0.2) is 62.3 Å². The van der Waals surface area contributed by atoms with E-state index in [1.807, 2.05) is 0 Å². The van der Waals surface area contributed by atoms with Gasteiger partial charge in [0.2, 0.25) is 0 Å². The van der Waals surface area contributed by atoms with E-state index in [0.717, 1.165) is 13.2 Å². The van der Waals surface area contributed by atoms with Gasteiger partial charge >= 0.3 is 0 Å². The third kappa shape index (κ3) is 7.34. The van der Waals surface area contributed by atoms with Crippen molar-refractivity contribution < 1.29 is 4.74 Å². The van der Waals surface area contributed by atoms with Gasteiger partial charge in [0, 0.05) is 39.4 Å². The average molecular weight is 256 g/mol. The molecule has 0 amide bonds. The van der Waals surface area contributed by atoms with Crippen LogP contribution in [0.4, 0.5) is 0 Å². The Balaban J connectivity index is 1.88. The summed E-state index contributed by atoms with van der Waals surface area (Å²) in [5.41, 5.74) is 0. The van der Waals surface area contributed by atoms with Crippen LogP contribution in [-0.2, 0) is 4.74 Å². The van der Waals surface area contributed by atoms with Crippen molar-refractivity contribution in [2.24, 2.45) is 0 Å². The Kier molecular flexibility index (Phi) is 9.54. The molecule has 0 aromatic heterocycles. The van der Waals surface area contributed by atoms with Gasteiger partial charge in [0.1, 0.15) is 0 Å². The fraction of sp³-hybridized carbons (Fsp3) is 1.00. The second-order valence-electron chi connectivity index (χ2n) is 5.29. The molecule has 1 aliphatic heterocycles. The summed E-state index contributed by atoms with van der Waals surface area (Å²) >= 11 is 0. The van der Waals surface area contributed by atoms with E-state index in [1.54, 1.807) is 0 Å². The quantitative estimate of drug-likeness (QED) is 0.559. The minimum atomic E-state index is 0.863. The molecular formula is C15H32N2O. The van der Waals surface area contributed by atoms with Crippen LogP contribution in [0.25, 0.3) is 0 Å². The fourth-order valence-electron chi connectivity index (χ4n) is 2.59. The van der Waals surface area contributed by atoms with Gasteiger partial charge in [0.05, 0.1) is 0 Å². The summed E-state index contributed by atoms with van der Waals surface area (Å²) in [5, 5.41) is 0. The summed E-state index contributed by atoms with van der Waals surface area (Å²) in [6.45, 7) is 13.8. The van der Waals surface area contributed by atoms with E-state index in [2.05, 4.69) is 23.6 Å². The predicted molar refractivity (Wildman–Crippen MR) is 78.1 cm³/mol. The Morgan fingerprint density at radius 3 is 2.00 bits per heavy atom. The highest BCUT2D eigenvalue weighted by molar-refractivity contribution is 4.71. The predicted octanol–water partition coefficient (Wildman–Crippen LogP) is 2.61. The van der Waals surface area contributed by atoms with Crippen molar-refractivity contribution in [1.29, 1.82) is 0 Å². The normalized spacial score (nSPS) is 18.3. The Hall–Kier alpha value is -0.120. The van der Waals surface area contributed by atoms with Crippen LogP contribution in [0, 0.1) is 0 Å². The third-order valence-corrected chi connectivity index (χ3v) is 3.72. The van der Waals surface area contributed by atoms with E-state index in [9.17, 15) is 0 Å². The van der Waals surface area contributed by atoms with Gasteiger partial charge in [-0.3, -0.25) is 0 Å². The zero-order chi connectivity index (χ0) is 13.1. The van der Waals surface area contributed by atoms with Gasteiger partial charge < -0.3 is 14.5 Å². The second kappa shape index (κ2) is 10.8. The lowest BCUT2D eigenvalue weighted by atomic mass is 10.2. The summed E-state index contributed by atoms with van der Waals surface area (Å²) in [4.78, 5) is 5.23. The highest BCUT2D eigenvalue weighted by atomic mass is 16.5. The highest BCUT2D eigenvalue weighted by Gasteiger charge is 2.14. The minimum absolute atomic E-state index is 0.863. The monoisotopic (exact) mass is 256 g/mol. The van der Waals surface area contributed by atoms with Gasteiger partial charge in [-0.2, -0.15) is 0 Å². The fourth-order valence-corrected chi connectivity index (χ4v) is 2.59. The Bertz CT molecular complexity index is 179. The molecule has 1 saturated heterocycles. The molecule has 1 fully saturated rings. The molecule has 0 aliphatic carbocycles. The van der Waals surface area contributed by atoms with Crippen molar-refractivity contribution in [3.8, 4) is 0 Å². The molecule has 0 bridgehead atoms. The summed E-state index contributed by atoms with van der Waals surface area (Å²) in [6, 6.07) is 0. The molecule has 3 heteroatoms. The first kappa shape index (κ1) is 15.9. The van der Waals surface area contributed by atoms with Gasteiger partial charge in [-0.15, -0.1) is 0 Å². The van der Waals surface area contributed by atoms with Crippen LogP contribution < -0.4 is 0 Å². The van der Waals surface area contributed by atoms with Crippen LogP contribution >= 0.6 is 0 Å². The van der Waals surface area contributed by atoms with Crippen molar-refractivity contribution in [2.45, 2.75) is 46.0 Å². The zero-order valence-electron chi connectivity index (χ0n) is 12.5. The van der Waals surface area contributed by atoms with Crippen LogP contribution in [0.2, 0.25) is 0 Å². The summed E-state index contributed by atoms with van der Waals surface area (Å²) in [7, 11) is 0. The zero-order valence-corrected chi connectivity index (χ0v) is 12.5. The van der Waals surface area contributed by atoms with Gasteiger partial charge in [-0.25, -0.2) is 0 Å². The molecule has 3 nitrogen and oxygen atoms in total. The average Bonchev–Trinajstić information content (AvgIpc) is 2.40. The molecule has 1 rings (SSSR count). The molecule has 0 aromatic carbocycles. The number of ether oxygens (including phenoxy) is 1. The molecule has 1 heterocycles. The van der Waals surface area contributed by atoms with Crippen molar-refractivity contribution in [1.82, 2.24) is 9.80 Å². The Labute approximate surface area is 113 Å². The Morgan fingerprint density at radius 1 is 0.778 bits per heavy atom. The van der Waals surface area contributed by atoms with Crippen molar-refractivity contribution >= 4 is 0 Å². The number of piperazine rings is 1. The van der Waals surface area contributed by atoms with E-state index in [0.29, 0.717) is 0 Å². The maximum Gasteiger partial charge on any atom is 0.0465 e. The van der Waals surface area contributed by atoms with Gasteiger partial charge in [-0.1, -0.05) is 19.8 Å². The molecule has 108 valence electrons. The maximum atomic E-state index is 5.35. The molecule has 0 spiro atoms. The topological polar surface area (TPSA) is 15.7 Å². The largest absolute Gasteiger partial charge is 0.382 e. The summed E-state index contributed by atoms with van der Waals surface area (Å²) < 4.78 is 5.35. The number of rotatable bonds is 10. The number of nitrogens with zero attached hydrogens (tertiary/aromatic N) is 2. The number of hydrogen-bond donors (Lipinski definition) is 0. The lowest BCUT2D eigenvalue weighted by Crippen LogP contribution is -2.46. The first-order valence-corrected chi connectivity index (χ1v) is 7.89. The van der Waals surface area contributed by atoms with Gasteiger partial charge in [-0.05, 0) is 39.3 Å². The SMILES string of the molecule is CCCN1CCN(CCCCCCOCC)CC1. The van der Waals surface area contributed by atoms with Crippen LogP contribution in [0.15, 0.2) is 0 Å². The van der Waals surface area contributed by atoms with Crippen LogP contribution in [0.1, 0.15) is 46.0 Å². The highest BCUT2D eigenvalue weighted by Crippen LogP contribution is 2.06. The maximum absolute atomic E-state index is 5.35. The third-order valence-electron chi connectivity index (χ3n) is 3.72. The van der Waals surface area contributed by atoms with Crippen molar-refractivity contribution in [3.05, 3.63) is 0 Å². The molecule has 1 aliphatic rings. The number of hydrogen-bond acceptors (Lipinski definition) is 3. The lowest BCUT2D eigenvalue weighted by molar-refractivity contribution is 0.128. The molecule has 18 heavy (non-hydrogen) atoms. The standard InChI is InChI=1S/C15H32N2O/c1-3-9-16-11-13-17(14-12-16)10-7-5-6-8-15-18-4-2/h3-15H2,1-2H3. The molecule has 0 aromatic rings. The van der Waals surface area contributed by atoms with Crippen LogP contribution in [0.3, 0.4) is 0 Å². The van der Waals surface area contributed by atoms with E-state index < -0.39 is 0 Å². The Morgan fingerprint density at radius 2 is 1.39 bits per heavy atom. The van der Waals surface area contributed by atoms with Crippen LogP contribution in [0.5, 0.6) is 0 Å². The minimum Gasteiger partial charge on any atom is -0.382 e. The molecule has 0 N–H and O–H groups in total. The van der Waals surface area contributed by atoms with E-state index >= 15 is 0 Å². The molecule has 0 unspecified atom stereocenters. The van der Waals surface area contributed by atoms with Gasteiger partial charge in [0.15, 0.2) is 0 Å². The van der Waals surface area contributed by atoms with Crippen molar-refractivity contribution in [3.63, 3.8) is 0 Å². The summed E-state index contributed by atoms with van der Waals surface area (Å²) in [5.74, 6) is 0. The second-order valence-corrected chi connectivity index (χ2v) is 5.29. The van der Waals surface area contributed by atoms with E-state index in [4.69, 9.17) is 4.74 Å². The molecule has 0 atom stereocenters. The van der Waals surface area contributed by atoms with E-state index in [1.165, 1.54) is 71.4 Å². The number of unbranched alkanes of at least 4 members (excludes halogenated alkanes) is 3. The summed E-state index contributed by atoms with van der Waals surface area (Å²) in [6.07, 6.45) is 6.58. The van der Waals surface area contributed by atoms with E-state index in [-0.39, 0.29) is 0 Å². The first-order chi connectivity index (χ1) is 8.86. The van der Waals surface area contributed by atoms with Gasteiger partial charge in [0.25, 0.3) is 0 Å². The molecule has 0 saturated carbocycles. The molecule has 0 radical (unpaired) electrons. The molecular weight excluding hydrogens is 224 g/mol. The lowest BCUT2D eigenvalue weighted by Gasteiger charge is -2.34. The smallest absolute Gasteiger partial charge is 0.0465 e. The van der Waals surface area contributed by atoms with Crippen molar-refractivity contribution in [2.75, 3.05) is 52.5 Å².